The SMILES string of the molecule is O=C(Nc1ccc(Br)cc1Br)NC1CC1. The zero-order valence-corrected chi connectivity index (χ0v) is 11.1. The Hall–Kier alpha value is -0.550. The second kappa shape index (κ2) is 4.53. The fourth-order valence-corrected chi connectivity index (χ4v) is 2.31. The molecule has 15 heavy (non-hydrogen) atoms. The molecule has 80 valence electrons. The van der Waals surface area contributed by atoms with Gasteiger partial charge in [0.25, 0.3) is 0 Å². The lowest BCUT2D eigenvalue weighted by Crippen LogP contribution is -2.30. The highest BCUT2D eigenvalue weighted by Crippen LogP contribution is 2.26. The van der Waals surface area contributed by atoms with Crippen molar-refractivity contribution in [3.63, 3.8) is 0 Å². The van der Waals surface area contributed by atoms with Gasteiger partial charge in [-0.1, -0.05) is 15.9 Å². The van der Waals surface area contributed by atoms with Crippen LogP contribution in [0.25, 0.3) is 0 Å². The quantitative estimate of drug-likeness (QED) is 0.854. The Morgan fingerprint density at radius 2 is 2.07 bits per heavy atom. The first-order chi connectivity index (χ1) is 7.15. The van der Waals surface area contributed by atoms with E-state index in [1.807, 2.05) is 18.2 Å². The third kappa shape index (κ3) is 3.21. The summed E-state index contributed by atoms with van der Waals surface area (Å²) in [5.41, 5.74) is 0.774. The van der Waals surface area contributed by atoms with Gasteiger partial charge in [0.1, 0.15) is 0 Å². The van der Waals surface area contributed by atoms with Gasteiger partial charge < -0.3 is 10.6 Å². The van der Waals surface area contributed by atoms with Crippen LogP contribution < -0.4 is 10.6 Å². The van der Waals surface area contributed by atoms with Crippen molar-refractivity contribution in [2.45, 2.75) is 18.9 Å². The maximum atomic E-state index is 11.4. The molecule has 0 saturated heterocycles. The summed E-state index contributed by atoms with van der Waals surface area (Å²) in [5, 5.41) is 5.65. The summed E-state index contributed by atoms with van der Waals surface area (Å²) in [6.07, 6.45) is 2.18. The van der Waals surface area contributed by atoms with Gasteiger partial charge >= 0.3 is 6.03 Å². The van der Waals surface area contributed by atoms with Crippen LogP contribution in [0.5, 0.6) is 0 Å². The van der Waals surface area contributed by atoms with Gasteiger partial charge in [-0.3, -0.25) is 0 Å². The van der Waals surface area contributed by atoms with E-state index in [1.54, 1.807) is 0 Å². The maximum absolute atomic E-state index is 11.4. The van der Waals surface area contributed by atoms with Crippen LogP contribution in [-0.2, 0) is 0 Å². The molecule has 1 aliphatic carbocycles. The molecule has 1 aromatic rings. The number of halogens is 2. The number of carbonyl (C=O) groups excluding carboxylic acids is 1. The summed E-state index contributed by atoms with van der Waals surface area (Å²) in [6, 6.07) is 5.87. The van der Waals surface area contributed by atoms with E-state index in [1.165, 1.54) is 0 Å². The second-order valence-corrected chi connectivity index (χ2v) is 5.27. The largest absolute Gasteiger partial charge is 0.335 e. The minimum absolute atomic E-state index is 0.138. The molecule has 0 unspecified atom stereocenters. The zero-order valence-electron chi connectivity index (χ0n) is 7.89. The van der Waals surface area contributed by atoms with E-state index in [-0.39, 0.29) is 6.03 Å². The fourth-order valence-electron chi connectivity index (χ4n) is 1.16. The molecule has 0 atom stereocenters. The molecule has 0 bridgehead atoms. The Balaban J connectivity index is 1.99. The third-order valence-electron chi connectivity index (χ3n) is 2.09. The molecule has 1 fully saturated rings. The zero-order chi connectivity index (χ0) is 10.8. The molecule has 5 heteroatoms. The van der Waals surface area contributed by atoms with Crippen molar-refractivity contribution < 1.29 is 4.79 Å². The van der Waals surface area contributed by atoms with E-state index < -0.39 is 0 Å². The number of hydrogen-bond acceptors (Lipinski definition) is 1. The molecule has 2 amide bonds. The monoisotopic (exact) mass is 332 g/mol. The Labute approximate surface area is 105 Å². The van der Waals surface area contributed by atoms with Crippen LogP contribution in [0.2, 0.25) is 0 Å². The standard InChI is InChI=1S/C10H10Br2N2O/c11-6-1-4-9(8(12)5-6)14-10(15)13-7-2-3-7/h1,4-5,7H,2-3H2,(H2,13,14,15). The number of rotatable bonds is 2. The molecule has 1 aromatic carbocycles. The smallest absolute Gasteiger partial charge is 0.319 e. The molecule has 0 spiro atoms. The van der Waals surface area contributed by atoms with Crippen LogP contribution in [0.15, 0.2) is 27.1 Å². The third-order valence-corrected chi connectivity index (χ3v) is 3.24. The number of benzene rings is 1. The van der Waals surface area contributed by atoms with E-state index >= 15 is 0 Å². The lowest BCUT2D eigenvalue weighted by Gasteiger charge is -2.08. The molecule has 0 aliphatic heterocycles. The maximum Gasteiger partial charge on any atom is 0.319 e. The van der Waals surface area contributed by atoms with Crippen molar-refractivity contribution in [2.24, 2.45) is 0 Å². The summed E-state index contributed by atoms with van der Waals surface area (Å²) < 4.78 is 1.84. The van der Waals surface area contributed by atoms with Gasteiger partial charge in [0.05, 0.1) is 5.69 Å². The van der Waals surface area contributed by atoms with Crippen molar-refractivity contribution in [1.29, 1.82) is 0 Å². The van der Waals surface area contributed by atoms with E-state index in [9.17, 15) is 4.79 Å². The van der Waals surface area contributed by atoms with Gasteiger partial charge in [-0.15, -0.1) is 0 Å². The molecule has 0 radical (unpaired) electrons. The first-order valence-corrected chi connectivity index (χ1v) is 6.26. The van der Waals surface area contributed by atoms with E-state index in [2.05, 4.69) is 42.5 Å². The van der Waals surface area contributed by atoms with Crippen molar-refractivity contribution in [3.05, 3.63) is 27.1 Å². The van der Waals surface area contributed by atoms with Gasteiger partial charge in [-0.2, -0.15) is 0 Å². The fraction of sp³-hybridized carbons (Fsp3) is 0.300. The number of nitrogens with one attached hydrogen (secondary N) is 2. The van der Waals surface area contributed by atoms with Crippen LogP contribution in [-0.4, -0.2) is 12.1 Å². The molecule has 1 aliphatic rings. The van der Waals surface area contributed by atoms with Gasteiger partial charge in [-0.05, 0) is 47.0 Å². The average molecular weight is 334 g/mol. The Morgan fingerprint density at radius 3 is 2.67 bits per heavy atom. The van der Waals surface area contributed by atoms with Gasteiger partial charge in [0.15, 0.2) is 0 Å². The molecule has 1 saturated carbocycles. The number of urea groups is 1. The number of carbonyl (C=O) groups is 1. The first-order valence-electron chi connectivity index (χ1n) is 4.68. The average Bonchev–Trinajstić information content (AvgIpc) is 2.94. The Bertz CT molecular complexity index is 391. The lowest BCUT2D eigenvalue weighted by atomic mass is 10.3. The van der Waals surface area contributed by atoms with Gasteiger partial charge in [0.2, 0.25) is 0 Å². The minimum atomic E-state index is -0.138. The molecule has 2 N–H and O–H groups in total. The van der Waals surface area contributed by atoms with Crippen molar-refractivity contribution in [3.8, 4) is 0 Å². The summed E-state index contributed by atoms with van der Waals surface area (Å²) in [6.45, 7) is 0. The number of amides is 2. The molecule has 3 nitrogen and oxygen atoms in total. The highest BCUT2D eigenvalue weighted by Gasteiger charge is 2.23. The predicted molar refractivity (Wildman–Crippen MR) is 67.0 cm³/mol. The highest BCUT2D eigenvalue weighted by molar-refractivity contribution is 9.11. The summed E-state index contributed by atoms with van der Waals surface area (Å²) in [5.74, 6) is 0. The second-order valence-electron chi connectivity index (χ2n) is 3.50. The Kier molecular flexibility index (Phi) is 3.31. The lowest BCUT2D eigenvalue weighted by molar-refractivity contribution is 0.251. The summed E-state index contributed by atoms with van der Waals surface area (Å²) in [4.78, 5) is 11.4. The van der Waals surface area contributed by atoms with E-state index in [0.29, 0.717) is 6.04 Å². The van der Waals surface area contributed by atoms with Crippen LogP contribution in [0.1, 0.15) is 12.8 Å². The molecule has 0 heterocycles. The van der Waals surface area contributed by atoms with Gasteiger partial charge in [-0.25, -0.2) is 4.79 Å². The summed E-state index contributed by atoms with van der Waals surface area (Å²) >= 11 is 6.74. The predicted octanol–water partition coefficient (Wildman–Crippen LogP) is 3.50. The molecular formula is C10H10Br2N2O. The molecule has 0 aromatic heterocycles. The van der Waals surface area contributed by atoms with Gasteiger partial charge in [0, 0.05) is 15.0 Å². The Morgan fingerprint density at radius 1 is 1.33 bits per heavy atom. The number of hydrogen-bond donors (Lipinski definition) is 2. The van der Waals surface area contributed by atoms with Crippen molar-refractivity contribution in [2.75, 3.05) is 5.32 Å². The number of anilines is 1. The minimum Gasteiger partial charge on any atom is -0.335 e. The van der Waals surface area contributed by atoms with Crippen LogP contribution >= 0.6 is 31.9 Å². The summed E-state index contributed by atoms with van der Waals surface area (Å²) in [7, 11) is 0. The topological polar surface area (TPSA) is 41.1 Å². The van der Waals surface area contributed by atoms with E-state index in [4.69, 9.17) is 0 Å². The normalized spacial score (nSPS) is 14.8. The van der Waals surface area contributed by atoms with Crippen molar-refractivity contribution in [1.82, 2.24) is 5.32 Å². The van der Waals surface area contributed by atoms with Crippen molar-refractivity contribution >= 4 is 43.6 Å². The molecule has 2 rings (SSSR count). The van der Waals surface area contributed by atoms with Crippen LogP contribution in [0, 0.1) is 0 Å². The van der Waals surface area contributed by atoms with Crippen LogP contribution in [0.4, 0.5) is 10.5 Å². The van der Waals surface area contributed by atoms with Crippen LogP contribution in [0.3, 0.4) is 0 Å². The molecular weight excluding hydrogens is 324 g/mol. The first kappa shape index (κ1) is 11.0. The van der Waals surface area contributed by atoms with E-state index in [0.717, 1.165) is 27.5 Å². The highest BCUT2D eigenvalue weighted by atomic mass is 79.9.